The summed E-state index contributed by atoms with van der Waals surface area (Å²) in [6.07, 6.45) is 3.33. The minimum absolute atomic E-state index is 0.0277. The number of aromatic amines is 1. The first kappa shape index (κ1) is 18.5. The van der Waals surface area contributed by atoms with Crippen molar-refractivity contribution in [2.24, 2.45) is 5.41 Å². The van der Waals surface area contributed by atoms with Gasteiger partial charge in [0.2, 0.25) is 5.91 Å². The van der Waals surface area contributed by atoms with Crippen LogP contribution in [0.5, 0.6) is 0 Å². The largest absolute Gasteiger partial charge is 0.342 e. The summed E-state index contributed by atoms with van der Waals surface area (Å²) < 4.78 is 1.39. The summed E-state index contributed by atoms with van der Waals surface area (Å²) >= 11 is 0. The van der Waals surface area contributed by atoms with Gasteiger partial charge >= 0.3 is 0 Å². The Hall–Kier alpha value is -2.83. The van der Waals surface area contributed by atoms with Crippen LogP contribution in [0.2, 0.25) is 0 Å². The molecule has 2 aliphatic heterocycles. The lowest BCUT2D eigenvalue weighted by molar-refractivity contribution is -0.138. The molecule has 2 amide bonds. The van der Waals surface area contributed by atoms with Gasteiger partial charge in [-0.15, -0.1) is 0 Å². The molecule has 1 atom stereocenters. The Morgan fingerprint density at radius 1 is 1.14 bits per heavy atom. The van der Waals surface area contributed by atoms with Gasteiger partial charge in [0.25, 0.3) is 11.5 Å². The van der Waals surface area contributed by atoms with Crippen molar-refractivity contribution >= 4 is 11.8 Å². The number of likely N-dealkylation sites (tertiary alicyclic amines) is 2. The maximum atomic E-state index is 13.1. The Morgan fingerprint density at radius 3 is 2.68 bits per heavy atom. The van der Waals surface area contributed by atoms with Gasteiger partial charge in [-0.2, -0.15) is 0 Å². The van der Waals surface area contributed by atoms with Crippen molar-refractivity contribution in [1.82, 2.24) is 19.6 Å². The number of para-hydroxylation sites is 1. The lowest BCUT2D eigenvalue weighted by Gasteiger charge is -2.48. The molecule has 7 heteroatoms. The molecule has 2 fully saturated rings. The molecule has 2 aromatic rings. The van der Waals surface area contributed by atoms with E-state index in [1.54, 1.807) is 0 Å². The van der Waals surface area contributed by atoms with Crippen LogP contribution in [0.4, 0.5) is 0 Å². The zero-order chi connectivity index (χ0) is 19.7. The highest BCUT2D eigenvalue weighted by molar-refractivity contribution is 5.92. The first-order valence-electron chi connectivity index (χ1n) is 9.96. The maximum Gasteiger partial charge on any atom is 0.271 e. The molecular weight excluding hydrogens is 356 g/mol. The van der Waals surface area contributed by atoms with Crippen LogP contribution in [-0.2, 0) is 4.79 Å². The fourth-order valence-electron chi connectivity index (χ4n) is 4.55. The molecule has 0 aliphatic carbocycles. The molecule has 28 heavy (non-hydrogen) atoms. The second-order valence-corrected chi connectivity index (χ2v) is 7.92. The maximum absolute atomic E-state index is 13.1. The highest BCUT2D eigenvalue weighted by Crippen LogP contribution is 2.39. The predicted octanol–water partition coefficient (Wildman–Crippen LogP) is 2.03. The van der Waals surface area contributed by atoms with Gasteiger partial charge < -0.3 is 9.80 Å². The number of H-pyrrole nitrogens is 1. The van der Waals surface area contributed by atoms with Crippen LogP contribution in [-0.4, -0.2) is 57.6 Å². The van der Waals surface area contributed by atoms with Crippen LogP contribution >= 0.6 is 0 Å². The molecule has 0 radical (unpaired) electrons. The Balaban J connectivity index is 1.54. The van der Waals surface area contributed by atoms with E-state index in [1.807, 2.05) is 47.1 Å². The van der Waals surface area contributed by atoms with Crippen molar-refractivity contribution in [2.75, 3.05) is 26.2 Å². The Bertz CT molecular complexity index is 933. The summed E-state index contributed by atoms with van der Waals surface area (Å²) in [4.78, 5) is 41.3. The molecule has 1 aromatic heterocycles. The second-order valence-electron chi connectivity index (χ2n) is 7.92. The van der Waals surface area contributed by atoms with Gasteiger partial charge in [-0.25, -0.2) is 4.68 Å². The van der Waals surface area contributed by atoms with Crippen molar-refractivity contribution in [3.8, 4) is 5.69 Å². The molecule has 4 rings (SSSR count). The quantitative estimate of drug-likeness (QED) is 0.882. The summed E-state index contributed by atoms with van der Waals surface area (Å²) in [6, 6.07) is 10.6. The summed E-state index contributed by atoms with van der Waals surface area (Å²) in [5.74, 6) is 0.0617. The number of carbonyl (C=O) groups is 2. The first-order chi connectivity index (χ1) is 13.5. The number of benzene rings is 1. The van der Waals surface area contributed by atoms with Crippen molar-refractivity contribution < 1.29 is 9.59 Å². The standard InChI is InChI=1S/C21H26N4O3/c1-2-23-14-21(11-9-18(23)26)10-6-12-24(15-21)20(28)17-13-19(27)25(22-17)16-7-4-3-5-8-16/h3-5,7-8,13,22H,2,6,9-12,14-15H2,1H3. The molecule has 1 aromatic carbocycles. The second kappa shape index (κ2) is 7.30. The van der Waals surface area contributed by atoms with Crippen molar-refractivity contribution in [3.05, 3.63) is 52.4 Å². The molecule has 2 aliphatic rings. The third kappa shape index (κ3) is 3.37. The predicted molar refractivity (Wildman–Crippen MR) is 105 cm³/mol. The molecule has 1 N–H and O–H groups in total. The lowest BCUT2D eigenvalue weighted by Crippen LogP contribution is -2.55. The zero-order valence-corrected chi connectivity index (χ0v) is 16.2. The topological polar surface area (TPSA) is 78.4 Å². The Kier molecular flexibility index (Phi) is 4.83. The highest BCUT2D eigenvalue weighted by atomic mass is 16.2. The number of aromatic nitrogens is 2. The van der Waals surface area contributed by atoms with Crippen LogP contribution < -0.4 is 5.56 Å². The van der Waals surface area contributed by atoms with Crippen molar-refractivity contribution in [1.29, 1.82) is 0 Å². The summed E-state index contributed by atoms with van der Waals surface area (Å²) in [6.45, 7) is 4.74. The molecular formula is C21H26N4O3. The average Bonchev–Trinajstić information content (AvgIpc) is 3.12. The van der Waals surface area contributed by atoms with Crippen molar-refractivity contribution in [2.45, 2.75) is 32.6 Å². The number of piperidine rings is 2. The van der Waals surface area contributed by atoms with Gasteiger partial charge in [-0.05, 0) is 38.3 Å². The Morgan fingerprint density at radius 2 is 1.93 bits per heavy atom. The van der Waals surface area contributed by atoms with Gasteiger partial charge in [-0.3, -0.25) is 19.5 Å². The van der Waals surface area contributed by atoms with E-state index in [4.69, 9.17) is 0 Å². The van der Waals surface area contributed by atoms with E-state index >= 15 is 0 Å². The lowest BCUT2D eigenvalue weighted by atomic mass is 9.73. The number of hydrogen-bond acceptors (Lipinski definition) is 3. The highest BCUT2D eigenvalue weighted by Gasteiger charge is 2.42. The average molecular weight is 382 g/mol. The number of hydrogen-bond donors (Lipinski definition) is 1. The number of nitrogens with one attached hydrogen (secondary N) is 1. The summed E-state index contributed by atoms with van der Waals surface area (Å²) in [7, 11) is 0. The number of nitrogens with zero attached hydrogens (tertiary/aromatic N) is 3. The van der Waals surface area contributed by atoms with E-state index < -0.39 is 0 Å². The van der Waals surface area contributed by atoms with E-state index in [0.29, 0.717) is 44.0 Å². The van der Waals surface area contributed by atoms with Crippen LogP contribution in [0.25, 0.3) is 5.69 Å². The summed E-state index contributed by atoms with van der Waals surface area (Å²) in [5.41, 5.74) is 0.734. The fourth-order valence-corrected chi connectivity index (χ4v) is 4.55. The van der Waals surface area contributed by atoms with Gasteiger partial charge in [0, 0.05) is 44.1 Å². The van der Waals surface area contributed by atoms with Crippen molar-refractivity contribution in [3.63, 3.8) is 0 Å². The van der Waals surface area contributed by atoms with Crippen LogP contribution in [0.1, 0.15) is 43.1 Å². The zero-order valence-electron chi connectivity index (χ0n) is 16.2. The SMILES string of the molecule is CCN1CC2(CCCN(C(=O)c3cc(=O)n(-c4ccccc4)[nH]3)C2)CCC1=O. The summed E-state index contributed by atoms with van der Waals surface area (Å²) in [5, 5.41) is 2.96. The molecule has 0 saturated carbocycles. The molecule has 148 valence electrons. The Labute approximate surface area is 163 Å². The number of amides is 2. The molecule has 1 unspecified atom stereocenters. The fraction of sp³-hybridized carbons (Fsp3) is 0.476. The molecule has 1 spiro atoms. The first-order valence-corrected chi connectivity index (χ1v) is 9.96. The minimum atomic E-state index is -0.248. The normalized spacial score (nSPS) is 22.7. The van der Waals surface area contributed by atoms with Gasteiger partial charge in [-0.1, -0.05) is 18.2 Å². The van der Waals surface area contributed by atoms with Crippen LogP contribution in [0, 0.1) is 5.41 Å². The van der Waals surface area contributed by atoms with E-state index in [-0.39, 0.29) is 22.8 Å². The van der Waals surface area contributed by atoms with E-state index in [1.165, 1.54) is 10.7 Å². The minimum Gasteiger partial charge on any atom is -0.342 e. The van der Waals surface area contributed by atoms with Crippen LogP contribution in [0.15, 0.2) is 41.2 Å². The molecule has 0 bridgehead atoms. The van der Waals surface area contributed by atoms with E-state index in [9.17, 15) is 14.4 Å². The number of carbonyl (C=O) groups excluding carboxylic acids is 2. The molecule has 3 heterocycles. The van der Waals surface area contributed by atoms with Gasteiger partial charge in [0.05, 0.1) is 5.69 Å². The smallest absolute Gasteiger partial charge is 0.271 e. The monoisotopic (exact) mass is 382 g/mol. The molecule has 2 saturated heterocycles. The third-order valence-corrected chi connectivity index (χ3v) is 6.04. The van der Waals surface area contributed by atoms with Gasteiger partial charge in [0.15, 0.2) is 0 Å². The number of rotatable bonds is 3. The van der Waals surface area contributed by atoms with E-state index in [2.05, 4.69) is 5.10 Å². The van der Waals surface area contributed by atoms with E-state index in [0.717, 1.165) is 19.3 Å². The van der Waals surface area contributed by atoms with Crippen LogP contribution in [0.3, 0.4) is 0 Å². The molecule has 7 nitrogen and oxygen atoms in total. The third-order valence-electron chi connectivity index (χ3n) is 6.04. The van der Waals surface area contributed by atoms with Gasteiger partial charge in [0.1, 0.15) is 5.69 Å².